The molecule has 0 saturated carbocycles. The Balaban J connectivity index is 1.30. The molecule has 5 rings (SSSR count). The fourth-order valence-electron chi connectivity index (χ4n) is 3.89. The Morgan fingerprint density at radius 1 is 0.964 bits per heavy atom. The Bertz CT molecular complexity index is 1270. The van der Waals surface area contributed by atoms with Crippen molar-refractivity contribution in [3.05, 3.63) is 88.4 Å². The second-order valence-electron chi connectivity index (χ2n) is 6.99. The minimum Gasteiger partial charge on any atom is -0.408 e. The number of aryl methyl sites for hydroxylation is 1. The van der Waals surface area contributed by atoms with Gasteiger partial charge < -0.3 is 9.73 Å². The van der Waals surface area contributed by atoms with E-state index < -0.39 is 5.76 Å². The summed E-state index contributed by atoms with van der Waals surface area (Å²) in [4.78, 5) is 24.4. The molecule has 5 nitrogen and oxygen atoms in total. The molecule has 5 heteroatoms. The standard InChI is InChI=1S/C23H18N2O3/c26-22(11-12-25-20-7-3-4-8-21(20)28-23(25)27)24-17-9-10-19-16(14-17)13-15-5-1-2-6-18(15)19/h1-10,14H,11-13H2,(H,24,26). The number of nitrogens with zero attached hydrogens (tertiary/aromatic N) is 1. The summed E-state index contributed by atoms with van der Waals surface area (Å²) in [5.74, 6) is -0.572. The zero-order valence-electron chi connectivity index (χ0n) is 15.1. The molecular formula is C23H18N2O3. The summed E-state index contributed by atoms with van der Waals surface area (Å²) in [6.07, 6.45) is 1.08. The maximum absolute atomic E-state index is 12.4. The highest BCUT2D eigenvalue weighted by Gasteiger charge is 2.18. The smallest absolute Gasteiger partial charge is 0.408 e. The summed E-state index contributed by atoms with van der Waals surface area (Å²) in [6, 6.07) is 21.6. The molecule has 0 bridgehead atoms. The van der Waals surface area contributed by atoms with Crippen molar-refractivity contribution in [2.24, 2.45) is 0 Å². The third-order valence-electron chi connectivity index (χ3n) is 5.21. The number of para-hydroxylation sites is 2. The zero-order valence-corrected chi connectivity index (χ0v) is 15.1. The predicted molar refractivity (Wildman–Crippen MR) is 108 cm³/mol. The molecule has 1 aliphatic carbocycles. The van der Waals surface area contributed by atoms with Gasteiger partial charge in [-0.1, -0.05) is 42.5 Å². The van der Waals surface area contributed by atoms with E-state index >= 15 is 0 Å². The predicted octanol–water partition coefficient (Wildman–Crippen LogP) is 4.19. The van der Waals surface area contributed by atoms with E-state index in [1.165, 1.54) is 26.8 Å². The van der Waals surface area contributed by atoms with Crippen LogP contribution >= 0.6 is 0 Å². The largest absolute Gasteiger partial charge is 0.419 e. The molecule has 1 aliphatic rings. The topological polar surface area (TPSA) is 64.2 Å². The van der Waals surface area contributed by atoms with Gasteiger partial charge in [0.05, 0.1) is 5.52 Å². The van der Waals surface area contributed by atoms with E-state index in [9.17, 15) is 9.59 Å². The first-order valence-corrected chi connectivity index (χ1v) is 9.28. The third kappa shape index (κ3) is 2.81. The molecule has 1 heterocycles. The highest BCUT2D eigenvalue weighted by Crippen LogP contribution is 2.37. The highest BCUT2D eigenvalue weighted by atomic mass is 16.4. The Morgan fingerprint density at radius 2 is 1.75 bits per heavy atom. The molecular weight excluding hydrogens is 352 g/mol. The fourth-order valence-corrected chi connectivity index (χ4v) is 3.89. The monoisotopic (exact) mass is 370 g/mol. The number of nitrogens with one attached hydrogen (secondary N) is 1. The van der Waals surface area contributed by atoms with Gasteiger partial charge in [0, 0.05) is 18.7 Å². The van der Waals surface area contributed by atoms with Crippen molar-refractivity contribution in [1.82, 2.24) is 4.57 Å². The Kier molecular flexibility index (Phi) is 3.86. The molecule has 0 fully saturated rings. The molecule has 0 saturated heterocycles. The molecule has 1 amide bonds. The van der Waals surface area contributed by atoms with Crippen LogP contribution in [0.15, 0.2) is 75.9 Å². The van der Waals surface area contributed by atoms with E-state index in [1.807, 2.05) is 36.4 Å². The number of hydrogen-bond donors (Lipinski definition) is 1. The molecule has 0 spiro atoms. The molecule has 28 heavy (non-hydrogen) atoms. The number of rotatable bonds is 4. The average Bonchev–Trinajstić information content (AvgIpc) is 3.22. The van der Waals surface area contributed by atoms with E-state index in [1.54, 1.807) is 6.07 Å². The lowest BCUT2D eigenvalue weighted by molar-refractivity contribution is -0.116. The van der Waals surface area contributed by atoms with Crippen LogP contribution in [0.3, 0.4) is 0 Å². The maximum Gasteiger partial charge on any atom is 0.419 e. The first-order valence-electron chi connectivity index (χ1n) is 9.28. The normalized spacial score (nSPS) is 12.0. The maximum atomic E-state index is 12.4. The quantitative estimate of drug-likeness (QED) is 0.516. The lowest BCUT2D eigenvalue weighted by Gasteiger charge is -2.08. The second-order valence-corrected chi connectivity index (χ2v) is 6.99. The van der Waals surface area contributed by atoms with Crippen LogP contribution in [0.1, 0.15) is 17.5 Å². The van der Waals surface area contributed by atoms with Crippen LogP contribution in [-0.4, -0.2) is 10.5 Å². The van der Waals surface area contributed by atoms with Crippen molar-refractivity contribution >= 4 is 22.7 Å². The van der Waals surface area contributed by atoms with Gasteiger partial charge in [-0.25, -0.2) is 4.79 Å². The third-order valence-corrected chi connectivity index (χ3v) is 5.21. The van der Waals surface area contributed by atoms with Gasteiger partial charge in [-0.3, -0.25) is 9.36 Å². The molecule has 0 radical (unpaired) electrons. The Hall–Kier alpha value is -3.60. The summed E-state index contributed by atoms with van der Waals surface area (Å²) in [6.45, 7) is 0.276. The van der Waals surface area contributed by atoms with E-state index in [0.29, 0.717) is 11.1 Å². The van der Waals surface area contributed by atoms with Crippen LogP contribution in [0.5, 0.6) is 0 Å². The molecule has 138 valence electrons. The van der Waals surface area contributed by atoms with Crippen molar-refractivity contribution in [2.75, 3.05) is 5.32 Å². The van der Waals surface area contributed by atoms with Crippen LogP contribution in [0.4, 0.5) is 5.69 Å². The van der Waals surface area contributed by atoms with Gasteiger partial charge in [-0.05, 0) is 52.9 Å². The van der Waals surface area contributed by atoms with Crippen LogP contribution in [0.2, 0.25) is 0 Å². The molecule has 1 N–H and O–H groups in total. The fraction of sp³-hybridized carbons (Fsp3) is 0.130. The van der Waals surface area contributed by atoms with Gasteiger partial charge in [0.1, 0.15) is 0 Å². The van der Waals surface area contributed by atoms with Crippen molar-refractivity contribution in [2.45, 2.75) is 19.4 Å². The number of hydrogen-bond acceptors (Lipinski definition) is 3. The number of anilines is 1. The molecule has 1 aromatic heterocycles. The van der Waals surface area contributed by atoms with E-state index in [2.05, 4.69) is 29.6 Å². The first-order chi connectivity index (χ1) is 13.7. The molecule has 0 unspecified atom stereocenters. The van der Waals surface area contributed by atoms with Gasteiger partial charge in [0.15, 0.2) is 5.58 Å². The Morgan fingerprint density at radius 3 is 2.68 bits per heavy atom. The van der Waals surface area contributed by atoms with Crippen LogP contribution in [-0.2, 0) is 17.8 Å². The van der Waals surface area contributed by atoms with Crippen molar-refractivity contribution < 1.29 is 9.21 Å². The van der Waals surface area contributed by atoms with Crippen LogP contribution in [0.25, 0.3) is 22.2 Å². The zero-order chi connectivity index (χ0) is 19.1. The summed E-state index contributed by atoms with van der Waals surface area (Å²) in [7, 11) is 0. The SMILES string of the molecule is O=C(CCn1c(=O)oc2ccccc21)Nc1ccc2c(c1)Cc1ccccc1-2. The van der Waals surface area contributed by atoms with Crippen molar-refractivity contribution in [1.29, 1.82) is 0 Å². The summed E-state index contributed by atoms with van der Waals surface area (Å²) < 4.78 is 6.70. The highest BCUT2D eigenvalue weighted by molar-refractivity contribution is 5.92. The number of fused-ring (bicyclic) bond motifs is 4. The van der Waals surface area contributed by atoms with Gasteiger partial charge in [0.25, 0.3) is 0 Å². The Labute approximate surface area is 161 Å². The minimum absolute atomic E-state index is 0.132. The molecule has 3 aromatic carbocycles. The lowest BCUT2D eigenvalue weighted by atomic mass is 10.1. The number of oxazole rings is 1. The van der Waals surface area contributed by atoms with Gasteiger partial charge in [-0.2, -0.15) is 0 Å². The van der Waals surface area contributed by atoms with E-state index in [0.717, 1.165) is 12.1 Å². The number of amides is 1. The summed E-state index contributed by atoms with van der Waals surface area (Å²) >= 11 is 0. The van der Waals surface area contributed by atoms with Gasteiger partial charge in [0.2, 0.25) is 5.91 Å². The molecule has 4 aromatic rings. The molecule has 0 aliphatic heterocycles. The number of benzene rings is 3. The van der Waals surface area contributed by atoms with Gasteiger partial charge in [-0.15, -0.1) is 0 Å². The van der Waals surface area contributed by atoms with Gasteiger partial charge >= 0.3 is 5.76 Å². The van der Waals surface area contributed by atoms with Crippen molar-refractivity contribution in [3.8, 4) is 11.1 Å². The average molecular weight is 370 g/mol. The van der Waals surface area contributed by atoms with Crippen molar-refractivity contribution in [3.63, 3.8) is 0 Å². The summed E-state index contributed by atoms with van der Waals surface area (Å²) in [5.41, 5.74) is 7.04. The number of carbonyl (C=O) groups excluding carboxylic acids is 1. The number of carbonyl (C=O) groups is 1. The van der Waals surface area contributed by atoms with Crippen LogP contribution in [0, 0.1) is 0 Å². The molecule has 0 atom stereocenters. The minimum atomic E-state index is -0.440. The van der Waals surface area contributed by atoms with E-state index in [-0.39, 0.29) is 18.9 Å². The number of aromatic nitrogens is 1. The summed E-state index contributed by atoms with van der Waals surface area (Å²) in [5, 5.41) is 2.94. The first kappa shape index (κ1) is 16.6. The second kappa shape index (κ2) is 6.53. The van der Waals surface area contributed by atoms with E-state index in [4.69, 9.17) is 4.42 Å². The lowest BCUT2D eigenvalue weighted by Crippen LogP contribution is -2.19. The van der Waals surface area contributed by atoms with Crippen LogP contribution < -0.4 is 11.1 Å².